The van der Waals surface area contributed by atoms with Gasteiger partial charge in [0.2, 0.25) is 17.5 Å². The Bertz CT molecular complexity index is 3350. The van der Waals surface area contributed by atoms with Crippen LogP contribution < -0.4 is 0 Å². The number of aromatic amines is 2. The molecule has 4 aromatic carbocycles. The van der Waals surface area contributed by atoms with Crippen molar-refractivity contribution in [1.82, 2.24) is 19.5 Å². The van der Waals surface area contributed by atoms with E-state index in [1.165, 1.54) is 16.7 Å². The van der Waals surface area contributed by atoms with Crippen molar-refractivity contribution in [1.29, 1.82) is 0 Å². The smallest absolute Gasteiger partial charge is 0.200 e. The molecule has 0 aliphatic carbocycles. The summed E-state index contributed by atoms with van der Waals surface area (Å²) in [6.07, 6.45) is 1.71. The number of H-pyrrole nitrogens is 2. The molecule has 2 N–H and O–H groups in total. The minimum absolute atomic E-state index is 0.0146. The normalized spacial score (nSPS) is 12.0. The number of benzene rings is 4. The molecule has 0 saturated carbocycles. The zero-order valence-corrected chi connectivity index (χ0v) is 30.8. The topological polar surface area (TPSA) is 49.4 Å². The average Bonchev–Trinajstić information content (AvgIpc) is 4.13. The Morgan fingerprint density at radius 2 is 0.683 bits per heavy atom. The molecule has 0 saturated heterocycles. The van der Waals surface area contributed by atoms with E-state index in [0.717, 1.165) is 36.4 Å². The van der Waals surface area contributed by atoms with E-state index in [9.17, 15) is 30.7 Å². The second-order valence-corrected chi connectivity index (χ2v) is 13.9. The summed E-state index contributed by atoms with van der Waals surface area (Å²) in [4.78, 5) is 9.46. The summed E-state index contributed by atoms with van der Waals surface area (Å²) in [5.74, 6) is -36.5. The lowest BCUT2D eigenvalue weighted by Crippen LogP contribution is -2.07. The van der Waals surface area contributed by atoms with Crippen molar-refractivity contribution in [3.63, 3.8) is 0 Å². The van der Waals surface area contributed by atoms with Crippen molar-refractivity contribution >= 4 is 45.3 Å². The summed E-state index contributed by atoms with van der Waals surface area (Å²) in [7, 11) is 0. The van der Waals surface area contributed by atoms with Gasteiger partial charge in [0.25, 0.3) is 0 Å². The van der Waals surface area contributed by atoms with Gasteiger partial charge < -0.3 is 14.5 Å². The third-order valence-electron chi connectivity index (χ3n) is 10.4. The average molecular weight is 887 g/mol. The number of rotatable bonds is 5. The van der Waals surface area contributed by atoms with Gasteiger partial charge in [-0.1, -0.05) is 30.3 Å². The van der Waals surface area contributed by atoms with Gasteiger partial charge in [-0.3, -0.25) is 0 Å². The Morgan fingerprint density at radius 1 is 0.333 bits per heavy atom. The van der Waals surface area contributed by atoms with Crippen LogP contribution in [0.25, 0.3) is 78.6 Å². The number of nitrogens with one attached hydrogen (secondary N) is 2. The predicted molar refractivity (Wildman–Crippen MR) is 200 cm³/mol. The second-order valence-electron chi connectivity index (χ2n) is 13.9. The molecule has 4 nitrogen and oxygen atoms in total. The molecule has 9 rings (SSSR count). The summed E-state index contributed by atoms with van der Waals surface area (Å²) in [5, 5.41) is 0. The van der Waals surface area contributed by atoms with Crippen LogP contribution in [0.2, 0.25) is 0 Å². The fourth-order valence-corrected chi connectivity index (χ4v) is 7.55. The van der Waals surface area contributed by atoms with Crippen LogP contribution in [-0.2, 0) is 6.54 Å². The van der Waals surface area contributed by atoms with Gasteiger partial charge in [0.05, 0.1) is 44.6 Å². The van der Waals surface area contributed by atoms with Crippen molar-refractivity contribution in [2.24, 2.45) is 0 Å². The molecule has 8 aromatic rings. The zero-order chi connectivity index (χ0) is 44.9. The van der Waals surface area contributed by atoms with Gasteiger partial charge in [0, 0.05) is 39.8 Å². The van der Waals surface area contributed by atoms with Crippen molar-refractivity contribution in [2.45, 2.75) is 6.54 Å². The molecule has 5 heterocycles. The standard InChI is InChI=1S/C44H17F15N4/c45-30-27(31(46)37(52)42(57)36(30)51)24-17-7-6-16(60-17)22-12-13-23(63(22)14-15-4-2-1-3-5-15)26(29-34(49)40(55)44(59)41(56)35(29)50)21-11-10-20(62-21)25(19-9-8-18(24)61-19)28-32(47)38(53)43(58)39(54)33(28)48/h1-13,60-61H,14H2. The molecule has 0 atom stereocenters. The van der Waals surface area contributed by atoms with Crippen LogP contribution in [0.1, 0.15) is 17.0 Å². The SMILES string of the molecule is Fc1c(F)c(F)c(-c2c3nc(c(-c4c(F)c(F)c(F)c(F)c4F)c4ccc(c5ccc([nH]5)c(-c5c(F)c(F)c(F)c(F)c5F)c5ccc2[nH]5)n4Cc2ccccc2)C=C3)c(F)c1F. The molecule has 4 aromatic heterocycles. The van der Waals surface area contributed by atoms with Gasteiger partial charge in [0.1, 0.15) is 0 Å². The van der Waals surface area contributed by atoms with Gasteiger partial charge in [-0.15, -0.1) is 0 Å². The van der Waals surface area contributed by atoms with E-state index >= 15 is 35.1 Å². The molecule has 1 aliphatic heterocycles. The van der Waals surface area contributed by atoms with Crippen molar-refractivity contribution in [3.8, 4) is 33.4 Å². The van der Waals surface area contributed by atoms with Crippen LogP contribution >= 0.6 is 0 Å². The molecular formula is C44H17F15N4. The lowest BCUT2D eigenvalue weighted by molar-refractivity contribution is 0.381. The van der Waals surface area contributed by atoms with E-state index in [1.807, 2.05) is 0 Å². The highest BCUT2D eigenvalue weighted by Crippen LogP contribution is 2.43. The second kappa shape index (κ2) is 14.9. The molecular weight excluding hydrogens is 869 g/mol. The van der Waals surface area contributed by atoms with Gasteiger partial charge in [0.15, 0.2) is 69.8 Å². The lowest BCUT2D eigenvalue weighted by Gasteiger charge is -2.14. The van der Waals surface area contributed by atoms with E-state index in [1.54, 1.807) is 30.3 Å². The molecule has 0 fully saturated rings. The van der Waals surface area contributed by atoms with E-state index in [-0.39, 0.29) is 23.1 Å². The minimum Gasteiger partial charge on any atom is -0.354 e. The van der Waals surface area contributed by atoms with Gasteiger partial charge in [-0.25, -0.2) is 70.8 Å². The Labute approximate surface area is 341 Å². The maximum Gasteiger partial charge on any atom is 0.200 e. The van der Waals surface area contributed by atoms with E-state index in [0.29, 0.717) is 5.56 Å². The van der Waals surface area contributed by atoms with E-state index in [2.05, 4.69) is 15.0 Å². The third-order valence-corrected chi connectivity index (χ3v) is 10.4. The summed E-state index contributed by atoms with van der Waals surface area (Å²) in [6.45, 7) is -0.283. The highest BCUT2D eigenvalue weighted by Gasteiger charge is 2.33. The van der Waals surface area contributed by atoms with Crippen LogP contribution in [0.15, 0.2) is 66.7 Å². The highest BCUT2D eigenvalue weighted by molar-refractivity contribution is 6.00. The quantitative estimate of drug-likeness (QED) is 0.101. The predicted octanol–water partition coefficient (Wildman–Crippen LogP) is 13.3. The van der Waals surface area contributed by atoms with Crippen molar-refractivity contribution < 1.29 is 65.9 Å². The largest absolute Gasteiger partial charge is 0.354 e. The molecule has 19 heteroatoms. The first-order valence-corrected chi connectivity index (χ1v) is 18.0. The lowest BCUT2D eigenvalue weighted by atomic mass is 10.0. The fourth-order valence-electron chi connectivity index (χ4n) is 7.55. The molecule has 63 heavy (non-hydrogen) atoms. The van der Waals surface area contributed by atoms with Crippen LogP contribution in [0.3, 0.4) is 0 Å². The molecule has 0 unspecified atom stereocenters. The van der Waals surface area contributed by atoms with Crippen LogP contribution in [0, 0.1) is 87.3 Å². The molecule has 0 radical (unpaired) electrons. The first-order chi connectivity index (χ1) is 30.0. The van der Waals surface area contributed by atoms with Gasteiger partial charge in [-0.2, -0.15) is 0 Å². The maximum absolute atomic E-state index is 16.0. The Hall–Kier alpha value is -7.44. The fraction of sp³-hybridized carbons (Fsp3) is 0.0227. The van der Waals surface area contributed by atoms with Gasteiger partial charge in [-0.05, 0) is 54.1 Å². The molecule has 318 valence electrons. The Kier molecular flexibility index (Phi) is 9.67. The first kappa shape index (κ1) is 40.9. The summed E-state index contributed by atoms with van der Waals surface area (Å²) >= 11 is 0. The van der Waals surface area contributed by atoms with Crippen LogP contribution in [0.5, 0.6) is 0 Å². The number of hydrogen-bond acceptors (Lipinski definition) is 1. The number of fused-ring (bicyclic) bond motifs is 9. The molecule has 0 amide bonds. The first-order valence-electron chi connectivity index (χ1n) is 18.0. The van der Waals surface area contributed by atoms with Crippen molar-refractivity contribution in [3.05, 3.63) is 171 Å². The number of aromatic nitrogens is 4. The minimum atomic E-state index is -2.60. The highest BCUT2D eigenvalue weighted by atomic mass is 19.2. The Balaban J connectivity index is 1.58. The van der Waals surface area contributed by atoms with Crippen LogP contribution in [0.4, 0.5) is 65.9 Å². The number of hydrogen-bond donors (Lipinski definition) is 2. The number of nitrogens with zero attached hydrogens (tertiary/aromatic N) is 2. The summed E-state index contributed by atoms with van der Waals surface area (Å²) in [6, 6.07) is 14.5. The molecule has 1 aliphatic rings. The maximum atomic E-state index is 16.0. The summed E-state index contributed by atoms with van der Waals surface area (Å²) < 4.78 is 229. The van der Waals surface area contributed by atoms with E-state index in [4.69, 9.17) is 0 Å². The monoisotopic (exact) mass is 886 g/mol. The van der Waals surface area contributed by atoms with E-state index < -0.39 is 149 Å². The van der Waals surface area contributed by atoms with Gasteiger partial charge >= 0.3 is 0 Å². The summed E-state index contributed by atoms with van der Waals surface area (Å²) in [5.41, 5.74) is -10.7. The molecule has 0 spiro atoms. The van der Waals surface area contributed by atoms with Crippen LogP contribution in [-0.4, -0.2) is 19.5 Å². The van der Waals surface area contributed by atoms with Crippen molar-refractivity contribution in [2.75, 3.05) is 0 Å². The third kappa shape index (κ3) is 6.15. The number of halogens is 15. The molecule has 8 bridgehead atoms. The Morgan fingerprint density at radius 3 is 1.16 bits per heavy atom. The zero-order valence-electron chi connectivity index (χ0n) is 30.8.